The molecule has 0 aliphatic rings. The molecule has 3 heteroatoms. The molecule has 0 aromatic heterocycles. The van der Waals surface area contributed by atoms with Crippen molar-refractivity contribution in [2.45, 2.75) is 45.7 Å². The number of benzene rings is 1. The van der Waals surface area contributed by atoms with Crippen LogP contribution < -0.4 is 5.32 Å². The predicted octanol–water partition coefficient (Wildman–Crippen LogP) is 2.75. The summed E-state index contributed by atoms with van der Waals surface area (Å²) in [6.45, 7) is 6.37. The molecular formula is C15H24FNO. The lowest BCUT2D eigenvalue weighted by molar-refractivity contribution is 0.201. The molecule has 1 rings (SSSR count). The number of rotatable bonds is 7. The summed E-state index contributed by atoms with van der Waals surface area (Å²) < 4.78 is 13.4. The zero-order valence-electron chi connectivity index (χ0n) is 11.5. The number of nitrogens with one attached hydrogen (secondary N) is 1. The van der Waals surface area contributed by atoms with E-state index < -0.39 is 0 Å². The van der Waals surface area contributed by atoms with Crippen molar-refractivity contribution in [1.29, 1.82) is 0 Å². The Morgan fingerprint density at radius 1 is 1.22 bits per heavy atom. The molecular weight excluding hydrogens is 229 g/mol. The molecule has 0 saturated carbocycles. The van der Waals surface area contributed by atoms with Crippen molar-refractivity contribution in [2.75, 3.05) is 6.61 Å². The van der Waals surface area contributed by atoms with Gasteiger partial charge >= 0.3 is 0 Å². The molecule has 0 fully saturated rings. The molecule has 0 bridgehead atoms. The minimum Gasteiger partial charge on any atom is -0.396 e. The Balaban J connectivity index is 2.37. The van der Waals surface area contributed by atoms with Gasteiger partial charge in [0.15, 0.2) is 0 Å². The maximum atomic E-state index is 13.4. The van der Waals surface area contributed by atoms with Crippen LogP contribution in [0.4, 0.5) is 4.39 Å². The van der Waals surface area contributed by atoms with E-state index in [1.54, 1.807) is 6.07 Å². The molecule has 1 aromatic carbocycles. The van der Waals surface area contributed by atoms with Gasteiger partial charge in [-0.15, -0.1) is 0 Å². The zero-order chi connectivity index (χ0) is 13.5. The van der Waals surface area contributed by atoms with Gasteiger partial charge in [-0.05, 0) is 44.2 Å². The van der Waals surface area contributed by atoms with E-state index >= 15 is 0 Å². The van der Waals surface area contributed by atoms with Crippen molar-refractivity contribution < 1.29 is 9.50 Å². The third-order valence-corrected chi connectivity index (χ3v) is 3.49. The van der Waals surface area contributed by atoms with Gasteiger partial charge < -0.3 is 10.4 Å². The second-order valence-corrected chi connectivity index (χ2v) is 5.15. The number of hydrogen-bond donors (Lipinski definition) is 2. The Morgan fingerprint density at radius 2 is 1.89 bits per heavy atom. The monoisotopic (exact) mass is 253 g/mol. The van der Waals surface area contributed by atoms with Crippen LogP contribution in [0.15, 0.2) is 24.3 Å². The lowest BCUT2D eigenvalue weighted by Gasteiger charge is -2.24. The first-order valence-corrected chi connectivity index (χ1v) is 6.65. The van der Waals surface area contributed by atoms with Gasteiger partial charge in [0, 0.05) is 18.7 Å². The molecule has 18 heavy (non-hydrogen) atoms. The second kappa shape index (κ2) is 7.49. The van der Waals surface area contributed by atoms with Crippen molar-refractivity contribution in [3.05, 3.63) is 35.6 Å². The average molecular weight is 253 g/mol. The number of aliphatic hydroxyl groups is 1. The van der Waals surface area contributed by atoms with Gasteiger partial charge in [0.2, 0.25) is 0 Å². The molecule has 0 aliphatic heterocycles. The average Bonchev–Trinajstić information content (AvgIpc) is 2.36. The fourth-order valence-electron chi connectivity index (χ4n) is 1.93. The topological polar surface area (TPSA) is 32.3 Å². The summed E-state index contributed by atoms with van der Waals surface area (Å²) in [5, 5.41) is 12.5. The van der Waals surface area contributed by atoms with E-state index in [4.69, 9.17) is 5.11 Å². The van der Waals surface area contributed by atoms with E-state index in [2.05, 4.69) is 19.2 Å². The summed E-state index contributed by atoms with van der Waals surface area (Å²) in [5.74, 6) is 0.113. The van der Waals surface area contributed by atoms with E-state index in [-0.39, 0.29) is 24.4 Å². The summed E-state index contributed by atoms with van der Waals surface area (Å²) in [7, 11) is 0. The van der Waals surface area contributed by atoms with Crippen molar-refractivity contribution in [3.63, 3.8) is 0 Å². The minimum atomic E-state index is -0.124. The normalized spacial score (nSPS) is 16.3. The van der Waals surface area contributed by atoms with Gasteiger partial charge in [0.05, 0.1) is 0 Å². The molecule has 102 valence electrons. The Kier molecular flexibility index (Phi) is 6.30. The molecule has 0 amide bonds. The van der Waals surface area contributed by atoms with Gasteiger partial charge in [-0.25, -0.2) is 4.39 Å². The summed E-state index contributed by atoms with van der Waals surface area (Å²) in [4.78, 5) is 0. The van der Waals surface area contributed by atoms with Crippen LogP contribution in [0.3, 0.4) is 0 Å². The maximum Gasteiger partial charge on any atom is 0.126 e. The number of aryl methyl sites for hydroxylation is 1. The molecule has 0 spiro atoms. The molecule has 0 heterocycles. The molecule has 2 N–H and O–H groups in total. The Bertz CT molecular complexity index is 356. The van der Waals surface area contributed by atoms with Gasteiger partial charge in [-0.3, -0.25) is 0 Å². The third-order valence-electron chi connectivity index (χ3n) is 3.49. The van der Waals surface area contributed by atoms with Crippen LogP contribution in [0.1, 0.15) is 32.8 Å². The molecule has 3 unspecified atom stereocenters. The first-order chi connectivity index (χ1) is 8.54. The highest BCUT2D eigenvalue weighted by molar-refractivity contribution is 5.17. The van der Waals surface area contributed by atoms with E-state index in [1.165, 1.54) is 6.07 Å². The number of hydrogen-bond acceptors (Lipinski definition) is 2. The summed E-state index contributed by atoms with van der Waals surface area (Å²) in [6, 6.07) is 7.50. The van der Waals surface area contributed by atoms with E-state index in [0.717, 1.165) is 18.4 Å². The highest BCUT2D eigenvalue weighted by atomic mass is 19.1. The highest BCUT2D eigenvalue weighted by Crippen LogP contribution is 2.11. The van der Waals surface area contributed by atoms with Crippen LogP contribution in [0.25, 0.3) is 0 Å². The van der Waals surface area contributed by atoms with Crippen LogP contribution in [0.5, 0.6) is 0 Å². The van der Waals surface area contributed by atoms with Gasteiger partial charge in [-0.1, -0.05) is 25.1 Å². The molecule has 0 saturated heterocycles. The lowest BCUT2D eigenvalue weighted by atomic mass is 10.0. The van der Waals surface area contributed by atoms with Gasteiger partial charge in [0.1, 0.15) is 5.82 Å². The third kappa shape index (κ3) is 4.75. The van der Waals surface area contributed by atoms with E-state index in [9.17, 15) is 4.39 Å². The second-order valence-electron chi connectivity index (χ2n) is 5.15. The van der Waals surface area contributed by atoms with E-state index in [0.29, 0.717) is 6.04 Å². The van der Waals surface area contributed by atoms with Crippen LogP contribution in [-0.2, 0) is 6.42 Å². The highest BCUT2D eigenvalue weighted by Gasteiger charge is 2.13. The molecule has 3 atom stereocenters. The van der Waals surface area contributed by atoms with Crippen LogP contribution in [-0.4, -0.2) is 23.8 Å². The smallest absolute Gasteiger partial charge is 0.126 e. The van der Waals surface area contributed by atoms with Gasteiger partial charge in [-0.2, -0.15) is 0 Å². The van der Waals surface area contributed by atoms with Crippen LogP contribution >= 0.6 is 0 Å². The Labute approximate surface area is 109 Å². The molecule has 2 nitrogen and oxygen atoms in total. The van der Waals surface area contributed by atoms with Crippen LogP contribution in [0.2, 0.25) is 0 Å². The number of halogens is 1. The predicted molar refractivity (Wildman–Crippen MR) is 73.0 cm³/mol. The van der Waals surface area contributed by atoms with Crippen molar-refractivity contribution in [3.8, 4) is 0 Å². The fraction of sp³-hybridized carbons (Fsp3) is 0.600. The van der Waals surface area contributed by atoms with Crippen molar-refractivity contribution >= 4 is 0 Å². The summed E-state index contributed by atoms with van der Waals surface area (Å²) in [5.41, 5.74) is 0.772. The molecule has 1 aromatic rings. The van der Waals surface area contributed by atoms with E-state index in [1.807, 2.05) is 19.1 Å². The maximum absolute atomic E-state index is 13.4. The fourth-order valence-corrected chi connectivity index (χ4v) is 1.93. The minimum absolute atomic E-state index is 0.124. The van der Waals surface area contributed by atoms with Crippen molar-refractivity contribution in [2.24, 2.45) is 5.92 Å². The summed E-state index contributed by atoms with van der Waals surface area (Å²) >= 11 is 0. The molecule has 0 radical (unpaired) electrons. The lowest BCUT2D eigenvalue weighted by Crippen LogP contribution is -2.40. The first-order valence-electron chi connectivity index (χ1n) is 6.65. The molecule has 0 aliphatic carbocycles. The Morgan fingerprint density at radius 3 is 2.50 bits per heavy atom. The standard InChI is InChI=1S/C15H24FNO/c1-11(10-18)13(3)17-12(2)8-9-14-6-4-5-7-15(14)16/h4-7,11-13,17-18H,8-10H2,1-3H3. The van der Waals surface area contributed by atoms with Gasteiger partial charge in [0.25, 0.3) is 0 Å². The zero-order valence-corrected chi connectivity index (χ0v) is 11.5. The number of aliphatic hydroxyl groups excluding tert-OH is 1. The van der Waals surface area contributed by atoms with Crippen molar-refractivity contribution in [1.82, 2.24) is 5.32 Å². The first kappa shape index (κ1) is 15.1. The summed E-state index contributed by atoms with van der Waals surface area (Å²) in [6.07, 6.45) is 1.63. The van der Waals surface area contributed by atoms with Crippen LogP contribution in [0, 0.1) is 11.7 Å². The SMILES string of the molecule is CC(CCc1ccccc1F)NC(C)C(C)CO. The quantitative estimate of drug-likeness (QED) is 0.783. The largest absolute Gasteiger partial charge is 0.396 e. The Hall–Kier alpha value is -0.930.